The molecule has 3 heteroatoms. The van der Waals surface area contributed by atoms with E-state index in [1.807, 2.05) is 18.2 Å². The summed E-state index contributed by atoms with van der Waals surface area (Å²) in [5, 5.41) is 16.7. The summed E-state index contributed by atoms with van der Waals surface area (Å²) in [5.41, 5.74) is 4.56. The van der Waals surface area contributed by atoms with Crippen LogP contribution in [0.2, 0.25) is 0 Å². The van der Waals surface area contributed by atoms with Crippen molar-refractivity contribution >= 4 is 11.3 Å². The summed E-state index contributed by atoms with van der Waals surface area (Å²) in [6.07, 6.45) is 1.05. The number of hydrogen-bond acceptors (Lipinski definition) is 3. The number of nitrogens with zero attached hydrogens (tertiary/aromatic N) is 1. The summed E-state index contributed by atoms with van der Waals surface area (Å²) >= 11 is 1.74. The van der Waals surface area contributed by atoms with Gasteiger partial charge < -0.3 is 5.32 Å². The van der Waals surface area contributed by atoms with Crippen LogP contribution >= 0.6 is 11.3 Å². The quantitative estimate of drug-likeness (QED) is 0.900. The molecule has 0 aliphatic carbocycles. The lowest BCUT2D eigenvalue weighted by atomic mass is 10.0. The van der Waals surface area contributed by atoms with E-state index in [0.29, 0.717) is 6.04 Å². The lowest BCUT2D eigenvalue weighted by Gasteiger charge is -2.14. The van der Waals surface area contributed by atoms with Crippen LogP contribution in [0.15, 0.2) is 35.0 Å². The zero-order valence-electron chi connectivity index (χ0n) is 11.3. The van der Waals surface area contributed by atoms with Crippen LogP contribution in [-0.2, 0) is 13.0 Å². The van der Waals surface area contributed by atoms with E-state index in [1.165, 1.54) is 16.7 Å². The first-order chi connectivity index (χ1) is 9.19. The van der Waals surface area contributed by atoms with Crippen LogP contribution in [0.25, 0.3) is 0 Å². The van der Waals surface area contributed by atoms with Crippen LogP contribution in [0.1, 0.15) is 29.2 Å². The second kappa shape index (κ2) is 6.51. The Morgan fingerprint density at radius 2 is 2.21 bits per heavy atom. The molecular weight excluding hydrogens is 252 g/mol. The van der Waals surface area contributed by atoms with Gasteiger partial charge >= 0.3 is 0 Å². The maximum Gasteiger partial charge on any atom is 0.0991 e. The van der Waals surface area contributed by atoms with Gasteiger partial charge in [-0.2, -0.15) is 16.6 Å². The Hall–Kier alpha value is -1.63. The Bertz CT molecular complexity index is 567. The van der Waals surface area contributed by atoms with Crippen molar-refractivity contribution in [2.75, 3.05) is 0 Å². The molecule has 0 aliphatic rings. The van der Waals surface area contributed by atoms with E-state index in [-0.39, 0.29) is 0 Å². The SMILES string of the molecule is Cc1cc(C#N)ccc1CNC(C)Cc1ccsc1. The number of aryl methyl sites for hydroxylation is 1. The summed E-state index contributed by atoms with van der Waals surface area (Å²) in [6.45, 7) is 5.11. The molecule has 98 valence electrons. The molecule has 0 spiro atoms. The maximum atomic E-state index is 8.85. The van der Waals surface area contributed by atoms with E-state index in [2.05, 4.69) is 42.1 Å². The third-order valence-electron chi connectivity index (χ3n) is 3.23. The van der Waals surface area contributed by atoms with Crippen molar-refractivity contribution in [3.63, 3.8) is 0 Å². The van der Waals surface area contributed by atoms with Gasteiger partial charge in [0.15, 0.2) is 0 Å². The van der Waals surface area contributed by atoms with E-state index in [1.54, 1.807) is 11.3 Å². The Morgan fingerprint density at radius 1 is 1.37 bits per heavy atom. The molecule has 0 fully saturated rings. The third kappa shape index (κ3) is 3.92. The van der Waals surface area contributed by atoms with E-state index in [4.69, 9.17) is 5.26 Å². The smallest absolute Gasteiger partial charge is 0.0991 e. The number of thiophene rings is 1. The van der Waals surface area contributed by atoms with Crippen LogP contribution in [-0.4, -0.2) is 6.04 Å². The van der Waals surface area contributed by atoms with E-state index < -0.39 is 0 Å². The normalized spacial score (nSPS) is 12.1. The van der Waals surface area contributed by atoms with Gasteiger partial charge in [0, 0.05) is 12.6 Å². The molecule has 2 rings (SSSR count). The molecule has 19 heavy (non-hydrogen) atoms. The number of rotatable bonds is 5. The topological polar surface area (TPSA) is 35.8 Å². The standard InChI is InChI=1S/C16H18N2S/c1-12-7-14(9-17)3-4-16(12)10-18-13(2)8-15-5-6-19-11-15/h3-7,11,13,18H,8,10H2,1-2H3. The lowest BCUT2D eigenvalue weighted by molar-refractivity contribution is 0.545. The number of benzene rings is 1. The molecule has 1 aromatic carbocycles. The highest BCUT2D eigenvalue weighted by molar-refractivity contribution is 7.07. The first kappa shape index (κ1) is 13.8. The second-order valence-electron chi connectivity index (χ2n) is 4.87. The predicted octanol–water partition coefficient (Wildman–Crippen LogP) is 3.65. The van der Waals surface area contributed by atoms with Crippen molar-refractivity contribution in [2.24, 2.45) is 0 Å². The van der Waals surface area contributed by atoms with Crippen molar-refractivity contribution in [3.8, 4) is 6.07 Å². The van der Waals surface area contributed by atoms with Crippen molar-refractivity contribution in [1.29, 1.82) is 5.26 Å². The van der Waals surface area contributed by atoms with Crippen molar-refractivity contribution in [3.05, 3.63) is 57.3 Å². The zero-order chi connectivity index (χ0) is 13.7. The maximum absolute atomic E-state index is 8.85. The van der Waals surface area contributed by atoms with Crippen molar-refractivity contribution in [1.82, 2.24) is 5.32 Å². The van der Waals surface area contributed by atoms with Gasteiger partial charge in [-0.25, -0.2) is 0 Å². The first-order valence-electron chi connectivity index (χ1n) is 6.43. The average molecular weight is 270 g/mol. The first-order valence-corrected chi connectivity index (χ1v) is 7.37. The fourth-order valence-electron chi connectivity index (χ4n) is 2.08. The number of hydrogen-bond donors (Lipinski definition) is 1. The van der Waals surface area contributed by atoms with Gasteiger partial charge in [0.25, 0.3) is 0 Å². The molecule has 0 aliphatic heterocycles. The van der Waals surface area contributed by atoms with Crippen molar-refractivity contribution in [2.45, 2.75) is 32.9 Å². The Balaban J connectivity index is 1.90. The molecule has 0 amide bonds. The highest BCUT2D eigenvalue weighted by Crippen LogP contribution is 2.12. The minimum absolute atomic E-state index is 0.449. The van der Waals surface area contributed by atoms with Gasteiger partial charge in [-0.15, -0.1) is 0 Å². The molecular formula is C16H18N2S. The van der Waals surface area contributed by atoms with Gasteiger partial charge in [-0.1, -0.05) is 6.07 Å². The molecule has 0 radical (unpaired) electrons. The van der Waals surface area contributed by atoms with E-state index in [0.717, 1.165) is 18.5 Å². The molecule has 0 saturated carbocycles. The van der Waals surface area contributed by atoms with Gasteiger partial charge in [0.1, 0.15) is 0 Å². The summed E-state index contributed by atoms with van der Waals surface area (Å²) in [4.78, 5) is 0. The Labute approximate surface area is 118 Å². The summed E-state index contributed by atoms with van der Waals surface area (Å²) in [6, 6.07) is 10.7. The summed E-state index contributed by atoms with van der Waals surface area (Å²) in [7, 11) is 0. The summed E-state index contributed by atoms with van der Waals surface area (Å²) < 4.78 is 0. The molecule has 1 aromatic heterocycles. The van der Waals surface area contributed by atoms with E-state index >= 15 is 0 Å². The fraction of sp³-hybridized carbons (Fsp3) is 0.312. The summed E-state index contributed by atoms with van der Waals surface area (Å²) in [5.74, 6) is 0. The highest BCUT2D eigenvalue weighted by Gasteiger charge is 2.05. The molecule has 2 aromatic rings. The van der Waals surface area contributed by atoms with Crippen LogP contribution in [0, 0.1) is 18.3 Å². The molecule has 1 atom stereocenters. The minimum Gasteiger partial charge on any atom is -0.310 e. The van der Waals surface area contributed by atoms with Gasteiger partial charge in [0.2, 0.25) is 0 Å². The van der Waals surface area contributed by atoms with Gasteiger partial charge in [0.05, 0.1) is 11.6 Å². The second-order valence-corrected chi connectivity index (χ2v) is 5.65. The largest absolute Gasteiger partial charge is 0.310 e. The van der Waals surface area contributed by atoms with Crippen LogP contribution in [0.4, 0.5) is 0 Å². The monoisotopic (exact) mass is 270 g/mol. The molecule has 0 saturated heterocycles. The van der Waals surface area contributed by atoms with Crippen LogP contribution in [0.3, 0.4) is 0 Å². The molecule has 1 heterocycles. The van der Waals surface area contributed by atoms with Crippen LogP contribution < -0.4 is 5.32 Å². The third-order valence-corrected chi connectivity index (χ3v) is 3.97. The molecule has 2 nitrogen and oxygen atoms in total. The average Bonchev–Trinajstić information content (AvgIpc) is 2.90. The lowest BCUT2D eigenvalue weighted by Crippen LogP contribution is -2.27. The Kier molecular flexibility index (Phi) is 4.73. The molecule has 0 bridgehead atoms. The molecule has 1 N–H and O–H groups in total. The minimum atomic E-state index is 0.449. The zero-order valence-corrected chi connectivity index (χ0v) is 12.1. The fourth-order valence-corrected chi connectivity index (χ4v) is 2.76. The molecule has 1 unspecified atom stereocenters. The van der Waals surface area contributed by atoms with Gasteiger partial charge in [-0.3, -0.25) is 0 Å². The number of nitrogens with one attached hydrogen (secondary N) is 1. The van der Waals surface area contributed by atoms with E-state index in [9.17, 15) is 0 Å². The predicted molar refractivity (Wildman–Crippen MR) is 80.2 cm³/mol. The Morgan fingerprint density at radius 3 is 2.84 bits per heavy atom. The van der Waals surface area contributed by atoms with Gasteiger partial charge in [-0.05, 0) is 65.9 Å². The van der Waals surface area contributed by atoms with Crippen molar-refractivity contribution < 1.29 is 0 Å². The number of nitriles is 1. The van der Waals surface area contributed by atoms with Crippen LogP contribution in [0.5, 0.6) is 0 Å². The highest BCUT2D eigenvalue weighted by atomic mass is 32.1.